The summed E-state index contributed by atoms with van der Waals surface area (Å²) in [6.45, 7) is 1.93. The third-order valence-corrected chi connectivity index (χ3v) is 3.52. The van der Waals surface area contributed by atoms with Crippen molar-refractivity contribution in [2.75, 3.05) is 13.6 Å². The summed E-state index contributed by atoms with van der Waals surface area (Å²) in [7, 11) is 1.55. The molecule has 1 fully saturated rings. The molecule has 0 atom stereocenters. The van der Waals surface area contributed by atoms with E-state index in [1.54, 1.807) is 13.1 Å². The fourth-order valence-corrected chi connectivity index (χ4v) is 2.53. The molecule has 5 heteroatoms. The first-order chi connectivity index (χ1) is 9.26. The van der Waals surface area contributed by atoms with Crippen molar-refractivity contribution in [1.29, 1.82) is 0 Å². The number of fused-ring (bicyclic) bond motifs is 2. The van der Waals surface area contributed by atoms with Gasteiger partial charge in [0.1, 0.15) is 11.6 Å². The molecule has 0 aliphatic carbocycles. The predicted octanol–water partition coefficient (Wildman–Crippen LogP) is 2.43. The lowest BCUT2D eigenvalue weighted by Crippen LogP contribution is -2.36. The fourth-order valence-electron chi connectivity index (χ4n) is 2.53. The molecular weight excluding hydrogens is 242 g/mol. The summed E-state index contributed by atoms with van der Waals surface area (Å²) in [5, 5.41) is 2.44. The Balaban J connectivity index is 1.86. The molecule has 0 aromatic heterocycles. The summed E-state index contributed by atoms with van der Waals surface area (Å²) in [6.07, 6.45) is 3.07. The maximum atomic E-state index is 11.2. The SMILES string of the molecule is CNC(=O)Oc1ccc2c(c1)CN1CCCCC1=N2. The van der Waals surface area contributed by atoms with Gasteiger partial charge in [0.05, 0.1) is 5.69 Å². The molecule has 2 aliphatic rings. The zero-order chi connectivity index (χ0) is 13.2. The van der Waals surface area contributed by atoms with E-state index in [2.05, 4.69) is 10.2 Å². The van der Waals surface area contributed by atoms with Gasteiger partial charge in [-0.25, -0.2) is 9.79 Å². The fraction of sp³-hybridized carbons (Fsp3) is 0.429. The van der Waals surface area contributed by atoms with E-state index in [-0.39, 0.29) is 0 Å². The summed E-state index contributed by atoms with van der Waals surface area (Å²) >= 11 is 0. The maximum absolute atomic E-state index is 11.2. The Morgan fingerprint density at radius 3 is 3.16 bits per heavy atom. The molecule has 100 valence electrons. The van der Waals surface area contributed by atoms with Crippen molar-refractivity contribution in [3.63, 3.8) is 0 Å². The van der Waals surface area contributed by atoms with Crippen LogP contribution in [0.1, 0.15) is 24.8 Å². The highest BCUT2D eigenvalue weighted by atomic mass is 16.5. The number of hydrogen-bond donors (Lipinski definition) is 1. The highest BCUT2D eigenvalue weighted by molar-refractivity contribution is 5.87. The normalized spacial score (nSPS) is 17.1. The van der Waals surface area contributed by atoms with Gasteiger partial charge in [-0.3, -0.25) is 0 Å². The Hall–Kier alpha value is -2.04. The first-order valence-electron chi connectivity index (χ1n) is 6.61. The summed E-state index contributed by atoms with van der Waals surface area (Å²) in [5.74, 6) is 1.76. The van der Waals surface area contributed by atoms with E-state index in [4.69, 9.17) is 9.73 Å². The van der Waals surface area contributed by atoms with Crippen molar-refractivity contribution >= 4 is 17.6 Å². The largest absolute Gasteiger partial charge is 0.412 e. The van der Waals surface area contributed by atoms with Gasteiger partial charge in [0.2, 0.25) is 0 Å². The first-order valence-corrected chi connectivity index (χ1v) is 6.61. The zero-order valence-corrected chi connectivity index (χ0v) is 11.0. The van der Waals surface area contributed by atoms with Crippen LogP contribution in [0.4, 0.5) is 10.5 Å². The van der Waals surface area contributed by atoms with Crippen LogP contribution in [0.2, 0.25) is 0 Å². The number of benzene rings is 1. The minimum atomic E-state index is -0.446. The average Bonchev–Trinajstić information content (AvgIpc) is 2.45. The van der Waals surface area contributed by atoms with E-state index in [1.807, 2.05) is 12.1 Å². The van der Waals surface area contributed by atoms with Crippen molar-refractivity contribution in [3.8, 4) is 5.75 Å². The number of carbonyl (C=O) groups excluding carboxylic acids is 1. The minimum absolute atomic E-state index is 0.446. The molecule has 0 bridgehead atoms. The number of piperidine rings is 1. The topological polar surface area (TPSA) is 53.9 Å². The molecule has 0 unspecified atom stereocenters. The number of nitrogens with one attached hydrogen (secondary N) is 1. The lowest BCUT2D eigenvalue weighted by Gasteiger charge is -2.34. The van der Waals surface area contributed by atoms with Crippen molar-refractivity contribution < 1.29 is 9.53 Å². The Labute approximate surface area is 112 Å². The van der Waals surface area contributed by atoms with Gasteiger partial charge in [-0.1, -0.05) is 0 Å². The molecule has 1 aromatic rings. The van der Waals surface area contributed by atoms with Crippen LogP contribution in [0.3, 0.4) is 0 Å². The molecule has 0 spiro atoms. The molecule has 1 aromatic carbocycles. The van der Waals surface area contributed by atoms with Crippen LogP contribution in [0.15, 0.2) is 23.2 Å². The summed E-state index contributed by atoms with van der Waals surface area (Å²) in [5.41, 5.74) is 2.12. The second-order valence-electron chi connectivity index (χ2n) is 4.84. The number of carbonyl (C=O) groups is 1. The van der Waals surface area contributed by atoms with Gasteiger partial charge in [-0.05, 0) is 31.0 Å². The molecule has 2 heterocycles. The van der Waals surface area contributed by atoms with Crippen LogP contribution in [-0.2, 0) is 6.54 Å². The van der Waals surface area contributed by atoms with Crippen LogP contribution in [-0.4, -0.2) is 30.4 Å². The molecule has 0 radical (unpaired) electrons. The van der Waals surface area contributed by atoms with Crippen LogP contribution < -0.4 is 10.1 Å². The van der Waals surface area contributed by atoms with Gasteiger partial charge in [0.25, 0.3) is 0 Å². The molecule has 19 heavy (non-hydrogen) atoms. The molecule has 1 saturated heterocycles. The number of amides is 1. The smallest absolute Gasteiger partial charge is 0.410 e. The summed E-state index contributed by atoms with van der Waals surface area (Å²) in [6, 6.07) is 5.61. The molecular formula is C14H17N3O2. The second-order valence-corrected chi connectivity index (χ2v) is 4.84. The molecule has 1 amide bonds. The van der Waals surface area contributed by atoms with E-state index in [0.29, 0.717) is 5.75 Å². The summed E-state index contributed by atoms with van der Waals surface area (Å²) < 4.78 is 5.15. The second kappa shape index (κ2) is 4.91. The highest BCUT2D eigenvalue weighted by Crippen LogP contribution is 2.32. The van der Waals surface area contributed by atoms with Crippen LogP contribution in [0.25, 0.3) is 0 Å². The van der Waals surface area contributed by atoms with Crippen molar-refractivity contribution in [3.05, 3.63) is 23.8 Å². The van der Waals surface area contributed by atoms with Crippen molar-refractivity contribution in [2.24, 2.45) is 4.99 Å². The standard InChI is InChI=1S/C14H17N3O2/c1-15-14(18)19-11-5-6-12-10(8-11)9-17-7-3-2-4-13(17)16-12/h5-6,8H,2-4,7,9H2,1H3,(H,15,18). The maximum Gasteiger partial charge on any atom is 0.412 e. The highest BCUT2D eigenvalue weighted by Gasteiger charge is 2.22. The van der Waals surface area contributed by atoms with E-state index in [0.717, 1.165) is 30.8 Å². The van der Waals surface area contributed by atoms with Crippen LogP contribution in [0.5, 0.6) is 5.75 Å². The van der Waals surface area contributed by atoms with E-state index >= 15 is 0 Å². The van der Waals surface area contributed by atoms with E-state index in [9.17, 15) is 4.79 Å². The lowest BCUT2D eigenvalue weighted by atomic mass is 10.0. The molecule has 2 aliphatic heterocycles. The lowest BCUT2D eigenvalue weighted by molar-refractivity contribution is 0.203. The van der Waals surface area contributed by atoms with Gasteiger partial charge in [0, 0.05) is 32.1 Å². The van der Waals surface area contributed by atoms with Crippen LogP contribution in [0, 0.1) is 0 Å². The van der Waals surface area contributed by atoms with E-state index in [1.165, 1.54) is 18.7 Å². The number of rotatable bonds is 1. The number of aliphatic imine (C=N–C) groups is 1. The Kier molecular flexibility index (Phi) is 3.11. The first kappa shape index (κ1) is 12.0. The molecule has 5 nitrogen and oxygen atoms in total. The van der Waals surface area contributed by atoms with Gasteiger partial charge < -0.3 is 15.0 Å². The van der Waals surface area contributed by atoms with Crippen molar-refractivity contribution in [2.45, 2.75) is 25.8 Å². The molecule has 3 rings (SSSR count). The Bertz CT molecular complexity index is 539. The van der Waals surface area contributed by atoms with Gasteiger partial charge in [0.15, 0.2) is 0 Å². The van der Waals surface area contributed by atoms with Gasteiger partial charge >= 0.3 is 6.09 Å². The predicted molar refractivity (Wildman–Crippen MR) is 72.9 cm³/mol. The van der Waals surface area contributed by atoms with Crippen LogP contribution >= 0.6 is 0 Å². The molecule has 1 N–H and O–H groups in total. The quantitative estimate of drug-likeness (QED) is 0.842. The third-order valence-electron chi connectivity index (χ3n) is 3.52. The Morgan fingerprint density at radius 1 is 1.42 bits per heavy atom. The average molecular weight is 259 g/mol. The number of amidine groups is 1. The van der Waals surface area contributed by atoms with E-state index < -0.39 is 6.09 Å². The van der Waals surface area contributed by atoms with Gasteiger partial charge in [-0.2, -0.15) is 0 Å². The van der Waals surface area contributed by atoms with Gasteiger partial charge in [-0.15, -0.1) is 0 Å². The number of hydrogen-bond acceptors (Lipinski definition) is 4. The Morgan fingerprint density at radius 2 is 2.32 bits per heavy atom. The minimum Gasteiger partial charge on any atom is -0.410 e. The monoisotopic (exact) mass is 259 g/mol. The molecule has 0 saturated carbocycles. The van der Waals surface area contributed by atoms with Crippen molar-refractivity contribution in [1.82, 2.24) is 10.2 Å². The number of ether oxygens (including phenoxy) is 1. The summed E-state index contributed by atoms with van der Waals surface area (Å²) in [4.78, 5) is 18.2. The number of nitrogens with zero attached hydrogens (tertiary/aromatic N) is 2. The zero-order valence-electron chi connectivity index (χ0n) is 11.0. The third kappa shape index (κ3) is 2.41.